The highest BCUT2D eigenvalue weighted by molar-refractivity contribution is 7.89. The van der Waals surface area contributed by atoms with Crippen LogP contribution in [0.4, 0.5) is 13.2 Å². The quantitative estimate of drug-likeness (QED) is 0.766. The fraction of sp³-hybridized carbons (Fsp3) is 0.462. The molecule has 1 aliphatic heterocycles. The molecule has 0 radical (unpaired) electrons. The Balaban J connectivity index is 2.31. The summed E-state index contributed by atoms with van der Waals surface area (Å²) in [5.74, 6) is -5.18. The van der Waals surface area contributed by atoms with E-state index in [9.17, 15) is 26.4 Å². The van der Waals surface area contributed by atoms with Crippen LogP contribution in [-0.4, -0.2) is 49.7 Å². The smallest absolute Gasteiger partial charge is 0.246 e. The van der Waals surface area contributed by atoms with Crippen molar-refractivity contribution in [3.05, 3.63) is 29.6 Å². The van der Waals surface area contributed by atoms with E-state index in [1.54, 1.807) is 0 Å². The summed E-state index contributed by atoms with van der Waals surface area (Å²) in [5.41, 5.74) is 0. The first-order chi connectivity index (χ1) is 10.2. The molecule has 1 heterocycles. The largest absolute Gasteiger partial charge is 0.342 e. The van der Waals surface area contributed by atoms with E-state index in [2.05, 4.69) is 0 Å². The number of carbonyl (C=O) groups is 1. The second-order valence-electron chi connectivity index (χ2n) is 4.94. The maximum absolute atomic E-state index is 13.7. The molecule has 1 aromatic carbocycles. The zero-order valence-electron chi connectivity index (χ0n) is 11.9. The predicted molar refractivity (Wildman–Crippen MR) is 71.9 cm³/mol. The first-order valence-electron chi connectivity index (χ1n) is 6.64. The number of hydrogen-bond donors (Lipinski definition) is 0. The second kappa shape index (κ2) is 6.25. The Morgan fingerprint density at radius 3 is 2.36 bits per heavy atom. The number of hydrogen-bond acceptors (Lipinski definition) is 3. The van der Waals surface area contributed by atoms with Gasteiger partial charge < -0.3 is 4.90 Å². The number of rotatable bonds is 2. The van der Waals surface area contributed by atoms with Gasteiger partial charge in [-0.15, -0.1) is 0 Å². The average Bonchev–Trinajstić information content (AvgIpc) is 2.71. The van der Waals surface area contributed by atoms with Crippen LogP contribution >= 0.6 is 0 Å². The number of sulfonamides is 1. The lowest BCUT2D eigenvalue weighted by Crippen LogP contribution is -2.37. The minimum absolute atomic E-state index is 0.0274. The van der Waals surface area contributed by atoms with Crippen LogP contribution in [0, 0.1) is 17.5 Å². The van der Waals surface area contributed by atoms with Crippen LogP contribution in [0.5, 0.6) is 0 Å². The Morgan fingerprint density at radius 2 is 1.73 bits per heavy atom. The molecule has 1 aliphatic rings. The monoisotopic (exact) mass is 336 g/mol. The van der Waals surface area contributed by atoms with E-state index in [0.717, 1.165) is 4.31 Å². The van der Waals surface area contributed by atoms with Crippen LogP contribution in [-0.2, 0) is 14.8 Å². The molecule has 0 aromatic heterocycles. The lowest BCUT2D eigenvalue weighted by molar-refractivity contribution is -0.128. The lowest BCUT2D eigenvalue weighted by Gasteiger charge is -2.21. The average molecular weight is 336 g/mol. The molecule has 0 spiro atoms. The number of carbonyl (C=O) groups excluding carboxylic acids is 1. The fourth-order valence-corrected chi connectivity index (χ4v) is 3.82. The summed E-state index contributed by atoms with van der Waals surface area (Å²) in [7, 11) is -4.29. The lowest BCUT2D eigenvalue weighted by atomic mass is 10.3. The van der Waals surface area contributed by atoms with Gasteiger partial charge in [-0.25, -0.2) is 21.6 Å². The summed E-state index contributed by atoms with van der Waals surface area (Å²) in [4.78, 5) is 11.9. The predicted octanol–water partition coefficient (Wildman–Crippen LogP) is 1.35. The van der Waals surface area contributed by atoms with Crippen molar-refractivity contribution in [2.45, 2.75) is 18.2 Å². The Kier molecular flexibility index (Phi) is 4.76. The van der Waals surface area contributed by atoms with Crippen molar-refractivity contribution in [3.63, 3.8) is 0 Å². The molecule has 1 amide bonds. The summed E-state index contributed by atoms with van der Waals surface area (Å²) in [6.07, 6.45) is 0.379. The molecule has 1 aromatic rings. The van der Waals surface area contributed by atoms with Crippen LogP contribution in [0.15, 0.2) is 17.0 Å². The molecule has 1 fully saturated rings. The minimum Gasteiger partial charge on any atom is -0.342 e. The van der Waals surface area contributed by atoms with E-state index < -0.39 is 32.4 Å². The molecule has 0 N–H and O–H groups in total. The summed E-state index contributed by atoms with van der Waals surface area (Å²) in [6.45, 7) is 1.98. The third kappa shape index (κ3) is 3.09. The van der Waals surface area contributed by atoms with Gasteiger partial charge in [0.1, 0.15) is 4.90 Å². The molecule has 0 aliphatic carbocycles. The van der Waals surface area contributed by atoms with E-state index in [1.807, 2.05) is 0 Å². The van der Waals surface area contributed by atoms with Crippen molar-refractivity contribution in [2.75, 3.05) is 26.2 Å². The van der Waals surface area contributed by atoms with Crippen LogP contribution in [0.2, 0.25) is 0 Å². The van der Waals surface area contributed by atoms with Gasteiger partial charge in [-0.2, -0.15) is 4.31 Å². The summed E-state index contributed by atoms with van der Waals surface area (Å²) in [6, 6.07) is 1.28. The maximum atomic E-state index is 13.7. The first-order valence-corrected chi connectivity index (χ1v) is 8.08. The Hall–Kier alpha value is -1.61. The van der Waals surface area contributed by atoms with Crippen molar-refractivity contribution in [1.29, 1.82) is 0 Å². The van der Waals surface area contributed by atoms with E-state index in [0.29, 0.717) is 25.1 Å². The van der Waals surface area contributed by atoms with Gasteiger partial charge >= 0.3 is 0 Å². The summed E-state index contributed by atoms with van der Waals surface area (Å²) in [5, 5.41) is 0. The van der Waals surface area contributed by atoms with E-state index in [1.165, 1.54) is 11.8 Å². The van der Waals surface area contributed by atoms with Gasteiger partial charge in [0, 0.05) is 33.1 Å². The van der Waals surface area contributed by atoms with Gasteiger partial charge in [-0.05, 0) is 18.6 Å². The minimum atomic E-state index is -4.29. The number of amides is 1. The van der Waals surface area contributed by atoms with Crippen LogP contribution in [0.25, 0.3) is 0 Å². The fourth-order valence-electron chi connectivity index (χ4n) is 2.30. The second-order valence-corrected chi connectivity index (χ2v) is 6.84. The topological polar surface area (TPSA) is 57.7 Å². The maximum Gasteiger partial charge on any atom is 0.246 e. The highest BCUT2D eigenvalue weighted by Crippen LogP contribution is 2.24. The van der Waals surface area contributed by atoms with Gasteiger partial charge in [-0.1, -0.05) is 0 Å². The SMILES string of the molecule is CC(=O)N1CCCN(S(=O)(=O)c2ccc(F)c(F)c2F)CC1. The molecule has 22 heavy (non-hydrogen) atoms. The third-order valence-corrected chi connectivity index (χ3v) is 5.43. The molecule has 1 saturated heterocycles. The molecule has 0 unspecified atom stereocenters. The Bertz CT molecular complexity index is 694. The third-order valence-electron chi connectivity index (χ3n) is 3.52. The molecule has 0 bridgehead atoms. The van der Waals surface area contributed by atoms with Gasteiger partial charge in [0.2, 0.25) is 15.9 Å². The Morgan fingerprint density at radius 1 is 1.05 bits per heavy atom. The normalized spacial score (nSPS) is 17.4. The number of benzene rings is 1. The van der Waals surface area contributed by atoms with Crippen molar-refractivity contribution < 1.29 is 26.4 Å². The number of nitrogens with zero attached hydrogens (tertiary/aromatic N) is 2. The van der Waals surface area contributed by atoms with Crippen molar-refractivity contribution in [2.24, 2.45) is 0 Å². The molecule has 9 heteroatoms. The molecule has 5 nitrogen and oxygen atoms in total. The van der Waals surface area contributed by atoms with Gasteiger partial charge in [-0.3, -0.25) is 4.79 Å². The van der Waals surface area contributed by atoms with Gasteiger partial charge in [0.25, 0.3) is 0 Å². The molecule has 0 saturated carbocycles. The first kappa shape index (κ1) is 16.8. The van der Waals surface area contributed by atoms with E-state index >= 15 is 0 Å². The van der Waals surface area contributed by atoms with Crippen LogP contribution in [0.3, 0.4) is 0 Å². The van der Waals surface area contributed by atoms with Gasteiger partial charge in [0.15, 0.2) is 17.5 Å². The van der Waals surface area contributed by atoms with Gasteiger partial charge in [0.05, 0.1) is 0 Å². The Labute approximate surface area is 126 Å². The van der Waals surface area contributed by atoms with Crippen molar-refractivity contribution >= 4 is 15.9 Å². The molecule has 122 valence electrons. The highest BCUT2D eigenvalue weighted by Gasteiger charge is 2.31. The summed E-state index contributed by atoms with van der Waals surface area (Å²) < 4.78 is 65.7. The zero-order chi connectivity index (χ0) is 16.5. The van der Waals surface area contributed by atoms with Crippen LogP contribution < -0.4 is 0 Å². The highest BCUT2D eigenvalue weighted by atomic mass is 32.2. The zero-order valence-corrected chi connectivity index (χ0v) is 12.7. The van der Waals surface area contributed by atoms with E-state index in [4.69, 9.17) is 0 Å². The van der Waals surface area contributed by atoms with E-state index in [-0.39, 0.29) is 25.5 Å². The molecule has 2 rings (SSSR count). The van der Waals surface area contributed by atoms with Crippen molar-refractivity contribution in [1.82, 2.24) is 9.21 Å². The van der Waals surface area contributed by atoms with Crippen molar-refractivity contribution in [3.8, 4) is 0 Å². The molecule has 0 atom stereocenters. The molecular weight excluding hydrogens is 321 g/mol. The molecular formula is C13H15F3N2O3S. The van der Waals surface area contributed by atoms with Crippen LogP contribution in [0.1, 0.15) is 13.3 Å². The standard InChI is InChI=1S/C13H15F3N2O3S/c1-9(19)17-5-2-6-18(8-7-17)22(20,21)11-4-3-10(14)12(15)13(11)16/h3-4H,2,5-8H2,1H3. The number of halogens is 3. The summed E-state index contributed by atoms with van der Waals surface area (Å²) >= 11 is 0.